The summed E-state index contributed by atoms with van der Waals surface area (Å²) in [6.45, 7) is 1.45. The van der Waals surface area contributed by atoms with E-state index in [-0.39, 0.29) is 22.8 Å². The van der Waals surface area contributed by atoms with Crippen molar-refractivity contribution in [2.75, 3.05) is 7.11 Å². The Morgan fingerprint density at radius 1 is 1.08 bits per heavy atom. The Balaban J connectivity index is 2.21. The van der Waals surface area contributed by atoms with Crippen molar-refractivity contribution in [2.24, 2.45) is 0 Å². The van der Waals surface area contributed by atoms with Gasteiger partial charge in [-0.25, -0.2) is 4.79 Å². The van der Waals surface area contributed by atoms with Crippen LogP contribution in [0, 0.1) is 0 Å². The standard InChI is InChI=1S/C18H15F3O5/c1-11(17(23)24-2)25-16-9-15(6-3-12(16)10-22)26-14-7-4-13(5-8-14)18(19,20)21/h3-11H,1-2H3. The molecular formula is C18H15F3O5. The van der Waals surface area contributed by atoms with Gasteiger partial charge in [0.25, 0.3) is 0 Å². The monoisotopic (exact) mass is 368 g/mol. The van der Waals surface area contributed by atoms with Crippen LogP contribution >= 0.6 is 0 Å². The lowest BCUT2D eigenvalue weighted by atomic mass is 10.2. The fraction of sp³-hybridized carbons (Fsp3) is 0.222. The second-order valence-electron chi connectivity index (χ2n) is 5.22. The van der Waals surface area contributed by atoms with Crippen LogP contribution in [0.5, 0.6) is 17.2 Å². The molecule has 0 aliphatic heterocycles. The smallest absolute Gasteiger partial charge is 0.416 e. The van der Waals surface area contributed by atoms with Crippen LogP contribution in [-0.2, 0) is 15.7 Å². The van der Waals surface area contributed by atoms with Gasteiger partial charge >= 0.3 is 12.1 Å². The lowest BCUT2D eigenvalue weighted by molar-refractivity contribution is -0.148. The number of halogens is 3. The predicted octanol–water partition coefficient (Wildman–Crippen LogP) is 4.25. The predicted molar refractivity (Wildman–Crippen MR) is 85.5 cm³/mol. The summed E-state index contributed by atoms with van der Waals surface area (Å²) >= 11 is 0. The quantitative estimate of drug-likeness (QED) is 0.563. The third-order valence-corrected chi connectivity index (χ3v) is 3.37. The van der Waals surface area contributed by atoms with Crippen molar-refractivity contribution < 1.29 is 37.0 Å². The maximum atomic E-state index is 12.6. The average Bonchev–Trinajstić information content (AvgIpc) is 2.61. The highest BCUT2D eigenvalue weighted by molar-refractivity contribution is 5.81. The van der Waals surface area contributed by atoms with Crippen LogP contribution < -0.4 is 9.47 Å². The van der Waals surface area contributed by atoms with Crippen LogP contribution in [0.2, 0.25) is 0 Å². The van der Waals surface area contributed by atoms with E-state index < -0.39 is 23.8 Å². The highest BCUT2D eigenvalue weighted by Crippen LogP contribution is 2.32. The maximum absolute atomic E-state index is 12.6. The van der Waals surface area contributed by atoms with Crippen molar-refractivity contribution in [3.8, 4) is 17.2 Å². The molecule has 2 aromatic carbocycles. The molecule has 138 valence electrons. The van der Waals surface area contributed by atoms with Gasteiger partial charge in [-0.2, -0.15) is 13.2 Å². The lowest BCUT2D eigenvalue weighted by Crippen LogP contribution is -2.25. The molecule has 2 aromatic rings. The van der Waals surface area contributed by atoms with E-state index in [9.17, 15) is 22.8 Å². The molecule has 0 N–H and O–H groups in total. The van der Waals surface area contributed by atoms with Crippen molar-refractivity contribution in [1.82, 2.24) is 0 Å². The minimum atomic E-state index is -4.44. The number of ether oxygens (including phenoxy) is 3. The van der Waals surface area contributed by atoms with Gasteiger partial charge in [0, 0.05) is 6.07 Å². The molecule has 0 heterocycles. The first-order chi connectivity index (χ1) is 12.2. The van der Waals surface area contributed by atoms with Gasteiger partial charge in [-0.3, -0.25) is 4.79 Å². The van der Waals surface area contributed by atoms with Gasteiger partial charge in [-0.15, -0.1) is 0 Å². The highest BCUT2D eigenvalue weighted by Gasteiger charge is 2.30. The zero-order chi connectivity index (χ0) is 19.3. The minimum absolute atomic E-state index is 0.0855. The van der Waals surface area contributed by atoms with Crippen LogP contribution in [0.1, 0.15) is 22.8 Å². The molecule has 0 aromatic heterocycles. The molecule has 0 saturated heterocycles. The Kier molecular flexibility index (Phi) is 5.86. The number of hydrogen-bond donors (Lipinski definition) is 0. The topological polar surface area (TPSA) is 61.8 Å². The number of hydrogen-bond acceptors (Lipinski definition) is 5. The minimum Gasteiger partial charge on any atom is -0.478 e. The second-order valence-corrected chi connectivity index (χ2v) is 5.22. The first-order valence-corrected chi connectivity index (χ1v) is 7.43. The molecule has 1 atom stereocenters. The van der Waals surface area contributed by atoms with Crippen LogP contribution in [0.3, 0.4) is 0 Å². The molecule has 1 unspecified atom stereocenters. The van der Waals surface area contributed by atoms with E-state index in [0.29, 0.717) is 6.29 Å². The summed E-state index contributed by atoms with van der Waals surface area (Å²) in [7, 11) is 1.20. The molecule has 0 aliphatic carbocycles. The van der Waals surface area contributed by atoms with Crippen molar-refractivity contribution >= 4 is 12.3 Å². The van der Waals surface area contributed by atoms with Crippen molar-refractivity contribution in [3.05, 3.63) is 53.6 Å². The third kappa shape index (κ3) is 4.75. The van der Waals surface area contributed by atoms with E-state index in [2.05, 4.69) is 4.74 Å². The number of esters is 1. The SMILES string of the molecule is COC(=O)C(C)Oc1cc(Oc2ccc(C(F)(F)F)cc2)ccc1C=O. The second kappa shape index (κ2) is 7.90. The number of aldehydes is 1. The molecule has 26 heavy (non-hydrogen) atoms. The number of methoxy groups -OCH3 is 1. The number of rotatable bonds is 6. The summed E-state index contributed by atoms with van der Waals surface area (Å²) in [4.78, 5) is 22.6. The van der Waals surface area contributed by atoms with Gasteiger partial charge in [-0.1, -0.05) is 0 Å². The first kappa shape index (κ1) is 19.3. The first-order valence-electron chi connectivity index (χ1n) is 7.43. The van der Waals surface area contributed by atoms with E-state index in [4.69, 9.17) is 9.47 Å². The molecule has 2 rings (SSSR count). The van der Waals surface area contributed by atoms with Crippen molar-refractivity contribution in [2.45, 2.75) is 19.2 Å². The van der Waals surface area contributed by atoms with Gasteiger partial charge in [0.2, 0.25) is 0 Å². The largest absolute Gasteiger partial charge is 0.478 e. The lowest BCUT2D eigenvalue weighted by Gasteiger charge is -2.15. The third-order valence-electron chi connectivity index (χ3n) is 3.37. The summed E-state index contributed by atoms with van der Waals surface area (Å²) in [5.74, 6) is -0.149. The number of carbonyl (C=O) groups is 2. The number of benzene rings is 2. The molecule has 0 aliphatic rings. The highest BCUT2D eigenvalue weighted by atomic mass is 19.4. The average molecular weight is 368 g/mol. The fourth-order valence-corrected chi connectivity index (χ4v) is 2.03. The molecule has 0 amide bonds. The molecule has 0 bridgehead atoms. The van der Waals surface area contributed by atoms with E-state index in [1.54, 1.807) is 0 Å². The molecule has 0 saturated carbocycles. The molecule has 0 fully saturated rings. The maximum Gasteiger partial charge on any atom is 0.416 e. The van der Waals surface area contributed by atoms with Gasteiger partial charge in [0.15, 0.2) is 12.4 Å². The summed E-state index contributed by atoms with van der Waals surface area (Å²) < 4.78 is 53.1. The van der Waals surface area contributed by atoms with Crippen LogP contribution in [0.4, 0.5) is 13.2 Å². The van der Waals surface area contributed by atoms with Gasteiger partial charge in [0.05, 0.1) is 18.2 Å². The van der Waals surface area contributed by atoms with Crippen molar-refractivity contribution in [1.29, 1.82) is 0 Å². The number of carbonyl (C=O) groups excluding carboxylic acids is 2. The van der Waals surface area contributed by atoms with E-state index >= 15 is 0 Å². The van der Waals surface area contributed by atoms with Crippen LogP contribution in [-0.4, -0.2) is 25.5 Å². The normalized spacial score (nSPS) is 12.2. The van der Waals surface area contributed by atoms with E-state index in [1.807, 2.05) is 0 Å². The Morgan fingerprint density at radius 2 is 1.69 bits per heavy atom. The molecule has 8 heteroatoms. The van der Waals surface area contributed by atoms with Gasteiger partial charge in [-0.05, 0) is 43.3 Å². The molecule has 0 spiro atoms. The van der Waals surface area contributed by atoms with E-state index in [1.165, 1.54) is 44.4 Å². The summed E-state index contributed by atoms with van der Waals surface area (Å²) in [6.07, 6.45) is -4.85. The summed E-state index contributed by atoms with van der Waals surface area (Å²) in [5.41, 5.74) is -0.613. The zero-order valence-corrected chi connectivity index (χ0v) is 13.9. The summed E-state index contributed by atoms with van der Waals surface area (Å²) in [6, 6.07) is 8.36. The Labute approximate surface area is 147 Å². The molecule has 0 radical (unpaired) electrons. The van der Waals surface area contributed by atoms with Gasteiger partial charge in [0.1, 0.15) is 17.2 Å². The Hall–Kier alpha value is -3.03. The van der Waals surface area contributed by atoms with Crippen molar-refractivity contribution in [3.63, 3.8) is 0 Å². The number of alkyl halides is 3. The van der Waals surface area contributed by atoms with Gasteiger partial charge < -0.3 is 14.2 Å². The molecular weight excluding hydrogens is 353 g/mol. The van der Waals surface area contributed by atoms with Crippen LogP contribution in [0.15, 0.2) is 42.5 Å². The van der Waals surface area contributed by atoms with Crippen LogP contribution in [0.25, 0.3) is 0 Å². The van der Waals surface area contributed by atoms with E-state index in [0.717, 1.165) is 12.1 Å². The zero-order valence-electron chi connectivity index (χ0n) is 13.9. The Morgan fingerprint density at radius 3 is 2.23 bits per heavy atom. The fourth-order valence-electron chi connectivity index (χ4n) is 2.03. The summed E-state index contributed by atoms with van der Waals surface area (Å²) in [5, 5.41) is 0. The molecule has 5 nitrogen and oxygen atoms in total. The Bertz CT molecular complexity index is 784.